The summed E-state index contributed by atoms with van der Waals surface area (Å²) >= 11 is 0. The fourth-order valence-corrected chi connectivity index (χ4v) is 4.58. The van der Waals surface area contributed by atoms with Crippen LogP contribution >= 0.6 is 0 Å². The van der Waals surface area contributed by atoms with E-state index in [4.69, 9.17) is 0 Å². The molecule has 1 aliphatic carbocycles. The number of benzene rings is 1. The smallest absolute Gasteiger partial charge is 0.155 e. The molecule has 0 saturated carbocycles. The molecular formula is C32H44N2O. The van der Waals surface area contributed by atoms with Gasteiger partial charge in [0.15, 0.2) is 5.78 Å². The number of fused-ring (bicyclic) bond motifs is 1. The maximum atomic E-state index is 12.0. The number of nitrogens with zero attached hydrogens (tertiary/aromatic N) is 2. The standard InChI is InChI=1S/C30H38N2O.C2H6/c1-8-22(3)30(6)18-17-26-15-12-16-28(27(31-7)19-21(2)24(5)33)32(29(26)20-30)23(4)25-13-10-9-11-14-25;1-2/h9-17,19-20,22-23H,8,18H2,1-7H3;1-2H3/b21-19-,31-27?;. The highest BCUT2D eigenvalue weighted by molar-refractivity contribution is 6.12. The predicted octanol–water partition coefficient (Wildman–Crippen LogP) is 8.40. The Hall–Kier alpha value is -2.94. The summed E-state index contributed by atoms with van der Waals surface area (Å²) in [5.74, 6) is 0.626. The third-order valence-electron chi connectivity index (χ3n) is 7.39. The summed E-state index contributed by atoms with van der Waals surface area (Å²) in [7, 11) is 1.80. The van der Waals surface area contributed by atoms with E-state index in [0.717, 1.165) is 24.3 Å². The van der Waals surface area contributed by atoms with Crippen molar-refractivity contribution in [3.63, 3.8) is 0 Å². The largest absolute Gasteiger partial charge is 0.332 e. The van der Waals surface area contributed by atoms with Gasteiger partial charge >= 0.3 is 0 Å². The highest BCUT2D eigenvalue weighted by Crippen LogP contribution is 2.45. The van der Waals surface area contributed by atoms with Crippen LogP contribution in [0, 0.1) is 11.3 Å². The molecule has 0 radical (unpaired) electrons. The van der Waals surface area contributed by atoms with Crippen molar-refractivity contribution in [1.29, 1.82) is 0 Å². The maximum absolute atomic E-state index is 12.0. The first-order chi connectivity index (χ1) is 16.7. The number of carbonyl (C=O) groups is 1. The summed E-state index contributed by atoms with van der Waals surface area (Å²) in [6.07, 6.45) is 15.4. The van der Waals surface area contributed by atoms with Crippen LogP contribution in [0.5, 0.6) is 0 Å². The molecule has 2 aliphatic rings. The van der Waals surface area contributed by atoms with E-state index in [1.807, 2.05) is 26.8 Å². The molecule has 3 atom stereocenters. The SMILES string of the molecule is CC.CCC(C)C1(C)C=C2C(=CC1)C=CC=C(C(/C=C(/C)C(C)=O)=NC)N2C(C)c1ccccc1. The van der Waals surface area contributed by atoms with E-state index in [1.165, 1.54) is 16.8 Å². The van der Waals surface area contributed by atoms with Crippen LogP contribution < -0.4 is 0 Å². The lowest BCUT2D eigenvalue weighted by Crippen LogP contribution is -2.34. The van der Waals surface area contributed by atoms with E-state index >= 15 is 0 Å². The minimum atomic E-state index is 0.0605. The van der Waals surface area contributed by atoms with Gasteiger partial charge in [-0.1, -0.05) is 95.7 Å². The Morgan fingerprint density at radius 3 is 2.40 bits per heavy atom. The second kappa shape index (κ2) is 12.7. The Morgan fingerprint density at radius 2 is 1.83 bits per heavy atom. The number of aliphatic imine (C=N–C) groups is 1. The van der Waals surface area contributed by atoms with Crippen LogP contribution in [0.4, 0.5) is 0 Å². The number of carbonyl (C=O) groups excluding carboxylic acids is 1. The van der Waals surface area contributed by atoms with Gasteiger partial charge in [-0.3, -0.25) is 9.79 Å². The maximum Gasteiger partial charge on any atom is 0.155 e. The average molecular weight is 473 g/mol. The monoisotopic (exact) mass is 472 g/mol. The lowest BCUT2D eigenvalue weighted by atomic mass is 9.70. The summed E-state index contributed by atoms with van der Waals surface area (Å²) in [4.78, 5) is 19.0. The molecule has 3 heteroatoms. The second-order valence-corrected chi connectivity index (χ2v) is 9.57. The number of Topliss-reactive ketones (excluding diaryl/α,β-unsaturated/α-hetero) is 1. The van der Waals surface area contributed by atoms with E-state index < -0.39 is 0 Å². The number of hydrogen-bond donors (Lipinski definition) is 0. The van der Waals surface area contributed by atoms with E-state index in [1.54, 1.807) is 14.0 Å². The second-order valence-electron chi connectivity index (χ2n) is 9.57. The van der Waals surface area contributed by atoms with Crippen LogP contribution in [0.1, 0.15) is 79.8 Å². The van der Waals surface area contributed by atoms with Gasteiger partial charge in [-0.15, -0.1) is 0 Å². The third-order valence-corrected chi connectivity index (χ3v) is 7.39. The molecule has 0 bridgehead atoms. The van der Waals surface area contributed by atoms with Gasteiger partial charge in [0.05, 0.1) is 17.5 Å². The molecular weight excluding hydrogens is 428 g/mol. The first-order valence-corrected chi connectivity index (χ1v) is 13.0. The Bertz CT molecular complexity index is 1070. The van der Waals surface area contributed by atoms with Crippen LogP contribution in [-0.2, 0) is 4.79 Å². The van der Waals surface area contributed by atoms with Crippen molar-refractivity contribution in [3.05, 3.63) is 94.9 Å². The third kappa shape index (κ3) is 6.39. The first-order valence-electron chi connectivity index (χ1n) is 13.0. The van der Waals surface area contributed by atoms with Crippen molar-refractivity contribution >= 4 is 11.5 Å². The van der Waals surface area contributed by atoms with Gasteiger partial charge < -0.3 is 4.90 Å². The van der Waals surface area contributed by atoms with Gasteiger partial charge in [0.1, 0.15) is 0 Å². The van der Waals surface area contributed by atoms with Crippen LogP contribution in [-0.4, -0.2) is 23.4 Å². The van der Waals surface area contributed by atoms with E-state index in [2.05, 4.69) is 98.3 Å². The summed E-state index contributed by atoms with van der Waals surface area (Å²) in [6, 6.07) is 10.7. The zero-order valence-electron chi connectivity index (χ0n) is 23.2. The fourth-order valence-electron chi connectivity index (χ4n) is 4.58. The van der Waals surface area contributed by atoms with E-state index in [0.29, 0.717) is 11.5 Å². The fraction of sp³-hybridized carbons (Fsp3) is 0.438. The summed E-state index contributed by atoms with van der Waals surface area (Å²) in [5, 5.41) is 0. The van der Waals surface area contributed by atoms with Crippen LogP contribution in [0.25, 0.3) is 0 Å². The van der Waals surface area contributed by atoms with Gasteiger partial charge in [0, 0.05) is 12.7 Å². The normalized spacial score (nSPS) is 22.0. The Labute approximate surface area is 213 Å². The summed E-state index contributed by atoms with van der Waals surface area (Å²) in [6.45, 7) is 16.7. The van der Waals surface area contributed by atoms with Crippen molar-refractivity contribution < 1.29 is 4.79 Å². The number of hydrogen-bond acceptors (Lipinski definition) is 3. The molecule has 0 fully saturated rings. The van der Waals surface area contributed by atoms with E-state index in [9.17, 15) is 4.79 Å². The van der Waals surface area contributed by atoms with E-state index in [-0.39, 0.29) is 17.2 Å². The molecule has 0 N–H and O–H groups in total. The van der Waals surface area contributed by atoms with Gasteiger partial charge in [0.25, 0.3) is 0 Å². The molecule has 0 aromatic heterocycles. The number of allylic oxidation sites excluding steroid dienone is 7. The molecule has 1 heterocycles. The quantitative estimate of drug-likeness (QED) is 0.295. The van der Waals surface area contributed by atoms with Crippen molar-refractivity contribution in [3.8, 4) is 0 Å². The lowest BCUT2D eigenvalue weighted by molar-refractivity contribution is -0.113. The molecule has 35 heavy (non-hydrogen) atoms. The average Bonchev–Trinajstić information content (AvgIpc) is 3.06. The Balaban J connectivity index is 0.00000210. The molecule has 1 aliphatic heterocycles. The van der Waals surface area contributed by atoms with Gasteiger partial charge in [-0.25, -0.2) is 0 Å². The topological polar surface area (TPSA) is 32.7 Å². The Kier molecular flexibility index (Phi) is 10.2. The van der Waals surface area contributed by atoms with Crippen LogP contribution in [0.3, 0.4) is 0 Å². The van der Waals surface area contributed by atoms with Crippen LogP contribution in [0.2, 0.25) is 0 Å². The van der Waals surface area contributed by atoms with Crippen molar-refractivity contribution in [2.75, 3.05) is 7.05 Å². The zero-order valence-corrected chi connectivity index (χ0v) is 23.2. The minimum absolute atomic E-state index is 0.0605. The number of rotatable bonds is 7. The van der Waals surface area contributed by atoms with Crippen molar-refractivity contribution in [2.24, 2.45) is 16.3 Å². The van der Waals surface area contributed by atoms with Gasteiger partial charge in [-0.05, 0) is 67.4 Å². The molecule has 188 valence electrons. The zero-order chi connectivity index (χ0) is 26.2. The van der Waals surface area contributed by atoms with Crippen LogP contribution in [0.15, 0.2) is 94.3 Å². The molecule has 1 aromatic rings. The van der Waals surface area contributed by atoms with Crippen molar-refractivity contribution in [1.82, 2.24) is 4.90 Å². The lowest BCUT2D eigenvalue weighted by Gasteiger charge is -2.41. The summed E-state index contributed by atoms with van der Waals surface area (Å²) in [5.41, 5.74) is 6.31. The van der Waals surface area contributed by atoms with Gasteiger partial charge in [-0.2, -0.15) is 0 Å². The Morgan fingerprint density at radius 1 is 1.17 bits per heavy atom. The molecule has 1 aromatic carbocycles. The molecule has 3 nitrogen and oxygen atoms in total. The van der Waals surface area contributed by atoms with Gasteiger partial charge in [0.2, 0.25) is 0 Å². The minimum Gasteiger partial charge on any atom is -0.332 e. The summed E-state index contributed by atoms with van der Waals surface area (Å²) < 4.78 is 0. The molecule has 0 spiro atoms. The predicted molar refractivity (Wildman–Crippen MR) is 151 cm³/mol. The molecule has 0 saturated heterocycles. The molecule has 3 rings (SSSR count). The molecule has 3 unspecified atom stereocenters. The first kappa shape index (κ1) is 28.3. The number of ketones is 1. The highest BCUT2D eigenvalue weighted by atomic mass is 16.1. The molecule has 0 amide bonds. The van der Waals surface area contributed by atoms with Crippen molar-refractivity contribution in [2.45, 2.75) is 74.3 Å². The highest BCUT2D eigenvalue weighted by Gasteiger charge is 2.35.